The molecule has 4 rings (SSSR count). The molecule has 0 atom stereocenters. The maximum Gasteiger partial charge on any atom is 0.183 e. The highest BCUT2D eigenvalue weighted by atomic mass is 32.1. The fourth-order valence-corrected chi connectivity index (χ4v) is 3.41. The number of rotatable bonds is 5. The van der Waals surface area contributed by atoms with Crippen molar-refractivity contribution in [3.05, 3.63) is 48.0 Å². The van der Waals surface area contributed by atoms with Crippen molar-refractivity contribution in [2.45, 2.75) is 19.8 Å². The molecule has 1 aliphatic rings. The molecule has 0 bridgehead atoms. The summed E-state index contributed by atoms with van der Waals surface area (Å²) in [7, 11) is 0. The van der Waals surface area contributed by atoms with Gasteiger partial charge in [-0.2, -0.15) is 5.10 Å². The van der Waals surface area contributed by atoms with E-state index in [1.54, 1.807) is 22.1 Å². The maximum atomic E-state index is 13.3. The molecular formula is C17H17FN4S. The van der Waals surface area contributed by atoms with Gasteiger partial charge in [0.15, 0.2) is 5.13 Å². The number of nitrogens with zero attached hydrogens (tertiary/aromatic N) is 3. The molecule has 0 aliphatic heterocycles. The van der Waals surface area contributed by atoms with Crippen LogP contribution in [0.2, 0.25) is 0 Å². The summed E-state index contributed by atoms with van der Waals surface area (Å²) >= 11 is 1.62. The Bertz CT molecular complexity index is 835. The van der Waals surface area contributed by atoms with Crippen LogP contribution in [0.5, 0.6) is 0 Å². The first kappa shape index (κ1) is 14.4. The van der Waals surface area contributed by atoms with Gasteiger partial charge in [0.2, 0.25) is 0 Å². The Balaban J connectivity index is 1.58. The van der Waals surface area contributed by atoms with Crippen LogP contribution < -0.4 is 5.32 Å². The maximum absolute atomic E-state index is 13.3. The van der Waals surface area contributed by atoms with Gasteiger partial charge in [-0.1, -0.05) is 17.4 Å². The average Bonchev–Trinajstić information content (AvgIpc) is 3.10. The normalized spacial score (nSPS) is 14.2. The van der Waals surface area contributed by atoms with Crippen LogP contribution in [-0.4, -0.2) is 21.3 Å². The number of hydrogen-bond acceptors (Lipinski definition) is 4. The molecule has 2 heterocycles. The molecule has 23 heavy (non-hydrogen) atoms. The Morgan fingerprint density at radius 2 is 2.22 bits per heavy atom. The van der Waals surface area contributed by atoms with Crippen molar-refractivity contribution in [1.82, 2.24) is 14.8 Å². The van der Waals surface area contributed by atoms with Gasteiger partial charge in [-0.05, 0) is 49.9 Å². The summed E-state index contributed by atoms with van der Waals surface area (Å²) in [6, 6.07) is 8.36. The minimum atomic E-state index is -0.264. The second-order valence-electron chi connectivity index (χ2n) is 5.88. The number of thiazole rings is 1. The van der Waals surface area contributed by atoms with Crippen molar-refractivity contribution in [3.8, 4) is 16.3 Å². The van der Waals surface area contributed by atoms with Crippen LogP contribution in [0.25, 0.3) is 16.3 Å². The lowest BCUT2D eigenvalue weighted by Crippen LogP contribution is -2.02. The predicted molar refractivity (Wildman–Crippen MR) is 90.6 cm³/mol. The summed E-state index contributed by atoms with van der Waals surface area (Å²) in [6.07, 6.45) is 4.49. The van der Waals surface area contributed by atoms with Crippen molar-refractivity contribution in [1.29, 1.82) is 0 Å². The Labute approximate surface area is 138 Å². The quantitative estimate of drug-likeness (QED) is 0.761. The molecule has 4 nitrogen and oxygen atoms in total. The summed E-state index contributed by atoms with van der Waals surface area (Å²) < 4.78 is 15.0. The number of halogens is 1. The third kappa shape index (κ3) is 3.12. The van der Waals surface area contributed by atoms with Crippen LogP contribution in [0.3, 0.4) is 0 Å². The van der Waals surface area contributed by atoms with Gasteiger partial charge in [0, 0.05) is 12.7 Å². The van der Waals surface area contributed by atoms with Crippen LogP contribution in [0.4, 0.5) is 9.52 Å². The highest BCUT2D eigenvalue weighted by Crippen LogP contribution is 2.34. The van der Waals surface area contributed by atoms with E-state index >= 15 is 0 Å². The van der Waals surface area contributed by atoms with E-state index < -0.39 is 0 Å². The molecule has 0 spiro atoms. The minimum Gasteiger partial charge on any atom is -0.361 e. The van der Waals surface area contributed by atoms with Crippen molar-refractivity contribution < 1.29 is 4.39 Å². The van der Waals surface area contributed by atoms with E-state index in [2.05, 4.69) is 15.4 Å². The van der Waals surface area contributed by atoms with Crippen LogP contribution in [0.1, 0.15) is 18.5 Å². The van der Waals surface area contributed by atoms with Crippen molar-refractivity contribution in [2.24, 2.45) is 5.92 Å². The molecule has 1 fully saturated rings. The fourth-order valence-electron chi connectivity index (χ4n) is 2.47. The molecule has 0 amide bonds. The van der Waals surface area contributed by atoms with Gasteiger partial charge in [-0.25, -0.2) is 14.1 Å². The number of nitrogens with one attached hydrogen (secondary N) is 1. The third-order valence-electron chi connectivity index (χ3n) is 3.93. The van der Waals surface area contributed by atoms with Crippen LogP contribution >= 0.6 is 11.3 Å². The first-order valence-corrected chi connectivity index (χ1v) is 8.54. The molecule has 6 heteroatoms. The monoisotopic (exact) mass is 328 g/mol. The standard InChI is InChI=1S/C17H17FN4S/c1-11-16(23-17(20-11)19-10-12-5-6-12)15-7-8-22(21-15)14-4-2-3-13(18)9-14/h2-4,7-9,12H,5-6,10H2,1H3,(H,19,20). The van der Waals surface area contributed by atoms with Gasteiger partial charge >= 0.3 is 0 Å². The Kier molecular flexibility index (Phi) is 3.61. The van der Waals surface area contributed by atoms with E-state index in [1.165, 1.54) is 25.0 Å². The zero-order chi connectivity index (χ0) is 15.8. The van der Waals surface area contributed by atoms with Crippen molar-refractivity contribution in [3.63, 3.8) is 0 Å². The molecule has 1 N–H and O–H groups in total. The van der Waals surface area contributed by atoms with Gasteiger partial charge in [0.25, 0.3) is 0 Å². The Hall–Kier alpha value is -2.21. The summed E-state index contributed by atoms with van der Waals surface area (Å²) in [5.41, 5.74) is 2.55. The predicted octanol–water partition coefficient (Wildman–Crippen LogP) is 4.27. The molecule has 1 aromatic carbocycles. The largest absolute Gasteiger partial charge is 0.361 e. The topological polar surface area (TPSA) is 42.7 Å². The number of aromatic nitrogens is 3. The number of benzene rings is 1. The van der Waals surface area contributed by atoms with E-state index in [1.807, 2.05) is 25.3 Å². The molecular weight excluding hydrogens is 311 g/mol. The van der Waals surface area contributed by atoms with Gasteiger partial charge in [-0.15, -0.1) is 0 Å². The molecule has 0 radical (unpaired) electrons. The number of hydrogen-bond donors (Lipinski definition) is 1. The summed E-state index contributed by atoms with van der Waals surface area (Å²) in [4.78, 5) is 5.64. The lowest BCUT2D eigenvalue weighted by atomic mass is 10.3. The van der Waals surface area contributed by atoms with E-state index in [4.69, 9.17) is 0 Å². The van der Waals surface area contributed by atoms with Gasteiger partial charge in [-0.3, -0.25) is 0 Å². The lowest BCUT2D eigenvalue weighted by Gasteiger charge is -2.00. The lowest BCUT2D eigenvalue weighted by molar-refractivity contribution is 0.625. The first-order chi connectivity index (χ1) is 11.2. The van der Waals surface area contributed by atoms with Gasteiger partial charge in [0.05, 0.1) is 16.3 Å². The van der Waals surface area contributed by atoms with E-state index in [9.17, 15) is 4.39 Å². The summed E-state index contributed by atoms with van der Waals surface area (Å²) in [6.45, 7) is 3.00. The molecule has 2 aromatic heterocycles. The van der Waals surface area contributed by atoms with Crippen LogP contribution in [0.15, 0.2) is 36.5 Å². The van der Waals surface area contributed by atoms with Crippen molar-refractivity contribution >= 4 is 16.5 Å². The average molecular weight is 328 g/mol. The first-order valence-electron chi connectivity index (χ1n) is 7.72. The van der Waals surface area contributed by atoms with E-state index in [0.29, 0.717) is 5.69 Å². The second kappa shape index (κ2) is 5.77. The van der Waals surface area contributed by atoms with E-state index in [-0.39, 0.29) is 5.82 Å². The molecule has 0 saturated heterocycles. The Morgan fingerprint density at radius 1 is 1.35 bits per heavy atom. The number of anilines is 1. The molecule has 1 saturated carbocycles. The molecule has 3 aromatic rings. The zero-order valence-electron chi connectivity index (χ0n) is 12.8. The van der Waals surface area contributed by atoms with Crippen LogP contribution in [-0.2, 0) is 0 Å². The summed E-state index contributed by atoms with van der Waals surface area (Å²) in [5.74, 6) is 0.551. The minimum absolute atomic E-state index is 0.264. The van der Waals surface area contributed by atoms with Gasteiger partial charge < -0.3 is 5.32 Å². The van der Waals surface area contributed by atoms with E-state index in [0.717, 1.165) is 33.9 Å². The molecule has 0 unspecified atom stereocenters. The smallest absolute Gasteiger partial charge is 0.183 e. The zero-order valence-corrected chi connectivity index (χ0v) is 13.6. The highest BCUT2D eigenvalue weighted by molar-refractivity contribution is 7.19. The molecule has 1 aliphatic carbocycles. The SMILES string of the molecule is Cc1nc(NCC2CC2)sc1-c1ccn(-c2cccc(F)c2)n1. The van der Waals surface area contributed by atoms with Crippen LogP contribution in [0, 0.1) is 18.7 Å². The highest BCUT2D eigenvalue weighted by Gasteiger charge is 2.21. The van der Waals surface area contributed by atoms with Crippen molar-refractivity contribution in [2.75, 3.05) is 11.9 Å². The fraction of sp³-hybridized carbons (Fsp3) is 0.294. The van der Waals surface area contributed by atoms with Gasteiger partial charge in [0.1, 0.15) is 11.5 Å². The second-order valence-corrected chi connectivity index (χ2v) is 6.88. The molecule has 118 valence electrons. The third-order valence-corrected chi connectivity index (χ3v) is 5.07. The summed E-state index contributed by atoms with van der Waals surface area (Å²) in [5, 5.41) is 8.92. The Morgan fingerprint density at radius 3 is 3.00 bits per heavy atom. The number of aryl methyl sites for hydroxylation is 1.